The van der Waals surface area contributed by atoms with E-state index < -0.39 is 33.9 Å². The molecule has 3 amide bonds. The number of esters is 1. The predicted molar refractivity (Wildman–Crippen MR) is 97.4 cm³/mol. The van der Waals surface area contributed by atoms with Gasteiger partial charge in [-0.1, -0.05) is 12.2 Å². The minimum Gasteiger partial charge on any atom is -0.452 e. The molecule has 3 aliphatic rings. The highest BCUT2D eigenvalue weighted by atomic mass is 32.2. The van der Waals surface area contributed by atoms with Crippen molar-refractivity contribution in [1.82, 2.24) is 10.2 Å². The number of carbonyl (C=O) groups excluding carboxylic acids is 4. The predicted octanol–water partition coefficient (Wildman–Crippen LogP) is -0.437. The van der Waals surface area contributed by atoms with Crippen LogP contribution in [0.15, 0.2) is 12.2 Å². The summed E-state index contributed by atoms with van der Waals surface area (Å²) in [5.41, 5.74) is 0. The third-order valence-corrected chi connectivity index (χ3v) is 7.16. The molecule has 0 bridgehead atoms. The Balaban J connectivity index is 1.44. The largest absolute Gasteiger partial charge is 0.452 e. The van der Waals surface area contributed by atoms with Gasteiger partial charge in [0.2, 0.25) is 11.8 Å². The molecule has 0 unspecified atom stereocenters. The fraction of sp³-hybridized carbons (Fsp3) is 0.667. The lowest BCUT2D eigenvalue weighted by Gasteiger charge is -2.18. The number of nitrogens with one attached hydrogen (secondary N) is 1. The normalized spacial score (nSPS) is 29.5. The van der Waals surface area contributed by atoms with Crippen LogP contribution in [-0.4, -0.2) is 67.2 Å². The van der Waals surface area contributed by atoms with Gasteiger partial charge in [-0.2, -0.15) is 0 Å². The summed E-state index contributed by atoms with van der Waals surface area (Å²) in [6.45, 7) is 1.32. The quantitative estimate of drug-likeness (QED) is 0.356. The topological polar surface area (TPSA) is 127 Å². The summed E-state index contributed by atoms with van der Waals surface area (Å²) in [5, 5.41) is 2.56. The van der Waals surface area contributed by atoms with Gasteiger partial charge in [-0.3, -0.25) is 24.1 Å². The van der Waals surface area contributed by atoms with Crippen molar-refractivity contribution in [3.8, 4) is 0 Å². The van der Waals surface area contributed by atoms with Crippen molar-refractivity contribution >= 4 is 33.5 Å². The van der Waals surface area contributed by atoms with Gasteiger partial charge in [-0.05, 0) is 26.2 Å². The zero-order valence-corrected chi connectivity index (χ0v) is 16.4. The Morgan fingerprint density at radius 2 is 1.82 bits per heavy atom. The molecular weight excluding hydrogens is 388 g/mol. The maximum Gasteiger partial charge on any atom is 0.308 e. The van der Waals surface area contributed by atoms with Crippen LogP contribution in [-0.2, 0) is 33.8 Å². The molecule has 0 aromatic carbocycles. The molecule has 1 N–H and O–H groups in total. The molecular formula is C18H24N2O7S. The SMILES string of the molecule is C[C@H](OC(=O)CCN1C(=O)[C@H]2CC=CC[C@H]2C1=O)C(=O)N[C@@H]1CCS(=O)(=O)C1. The maximum atomic E-state index is 12.3. The van der Waals surface area contributed by atoms with Gasteiger partial charge in [-0.25, -0.2) is 8.42 Å². The van der Waals surface area contributed by atoms with Crippen molar-refractivity contribution in [2.75, 3.05) is 18.1 Å². The number of sulfone groups is 1. The van der Waals surface area contributed by atoms with Crippen molar-refractivity contribution in [2.24, 2.45) is 11.8 Å². The van der Waals surface area contributed by atoms with Gasteiger partial charge in [0.15, 0.2) is 15.9 Å². The molecule has 154 valence electrons. The molecule has 0 radical (unpaired) electrons. The van der Waals surface area contributed by atoms with E-state index in [4.69, 9.17) is 4.74 Å². The second-order valence-corrected chi connectivity index (χ2v) is 9.70. The second-order valence-electron chi connectivity index (χ2n) is 7.47. The number of carbonyl (C=O) groups is 4. The van der Waals surface area contributed by atoms with E-state index in [1.54, 1.807) is 0 Å². The number of hydrogen-bond acceptors (Lipinski definition) is 7. The molecule has 0 saturated carbocycles. The van der Waals surface area contributed by atoms with E-state index in [0.29, 0.717) is 19.3 Å². The van der Waals surface area contributed by atoms with Crippen molar-refractivity contribution in [1.29, 1.82) is 0 Å². The summed E-state index contributed by atoms with van der Waals surface area (Å²) in [6.07, 6.45) is 3.90. The van der Waals surface area contributed by atoms with Crippen LogP contribution in [0.1, 0.15) is 32.6 Å². The summed E-state index contributed by atoms with van der Waals surface area (Å²) in [5.74, 6) is -2.57. The molecule has 2 aliphatic heterocycles. The Morgan fingerprint density at radius 1 is 1.21 bits per heavy atom. The van der Waals surface area contributed by atoms with Crippen LogP contribution in [0.4, 0.5) is 0 Å². The zero-order valence-electron chi connectivity index (χ0n) is 15.6. The van der Waals surface area contributed by atoms with Crippen LogP contribution >= 0.6 is 0 Å². The lowest BCUT2D eigenvalue weighted by molar-refractivity contribution is -0.155. The van der Waals surface area contributed by atoms with E-state index in [-0.39, 0.29) is 48.1 Å². The van der Waals surface area contributed by atoms with Gasteiger partial charge in [0.1, 0.15) is 0 Å². The summed E-state index contributed by atoms with van der Waals surface area (Å²) in [7, 11) is -3.12. The summed E-state index contributed by atoms with van der Waals surface area (Å²) >= 11 is 0. The van der Waals surface area contributed by atoms with Crippen LogP contribution in [0.3, 0.4) is 0 Å². The first-order valence-electron chi connectivity index (χ1n) is 9.38. The lowest BCUT2D eigenvalue weighted by Crippen LogP contribution is -2.43. The molecule has 0 aromatic rings. The average molecular weight is 412 g/mol. The first-order chi connectivity index (χ1) is 13.2. The number of imide groups is 1. The van der Waals surface area contributed by atoms with Crippen molar-refractivity contribution in [2.45, 2.75) is 44.8 Å². The minimum atomic E-state index is -3.12. The Bertz CT molecular complexity index is 794. The van der Waals surface area contributed by atoms with Gasteiger partial charge < -0.3 is 10.1 Å². The molecule has 2 saturated heterocycles. The van der Waals surface area contributed by atoms with Gasteiger partial charge in [-0.15, -0.1) is 0 Å². The van der Waals surface area contributed by atoms with E-state index in [2.05, 4.69) is 5.32 Å². The minimum absolute atomic E-state index is 0.0293. The highest BCUT2D eigenvalue weighted by molar-refractivity contribution is 7.91. The molecule has 28 heavy (non-hydrogen) atoms. The molecule has 4 atom stereocenters. The van der Waals surface area contributed by atoms with Crippen molar-refractivity contribution in [3.63, 3.8) is 0 Å². The van der Waals surface area contributed by atoms with Crippen LogP contribution < -0.4 is 5.32 Å². The molecule has 3 rings (SSSR count). The number of nitrogens with zero attached hydrogens (tertiary/aromatic N) is 1. The molecule has 0 aromatic heterocycles. The maximum absolute atomic E-state index is 12.3. The van der Waals surface area contributed by atoms with Crippen molar-refractivity contribution in [3.05, 3.63) is 12.2 Å². The fourth-order valence-corrected chi connectivity index (χ4v) is 5.50. The van der Waals surface area contributed by atoms with E-state index in [1.165, 1.54) is 6.92 Å². The number of rotatable bonds is 6. The second kappa shape index (κ2) is 8.02. The number of amides is 3. The monoisotopic (exact) mass is 412 g/mol. The number of hydrogen-bond donors (Lipinski definition) is 1. The Labute approximate surface area is 163 Å². The molecule has 2 heterocycles. The molecule has 2 fully saturated rings. The number of ether oxygens (including phenoxy) is 1. The Kier molecular flexibility index (Phi) is 5.87. The van der Waals surface area contributed by atoms with E-state index in [1.807, 2.05) is 12.2 Å². The van der Waals surface area contributed by atoms with Crippen LogP contribution in [0.25, 0.3) is 0 Å². The Hall–Kier alpha value is -2.23. The third-order valence-electron chi connectivity index (χ3n) is 5.39. The summed E-state index contributed by atoms with van der Waals surface area (Å²) in [6, 6.07) is -0.476. The zero-order chi connectivity index (χ0) is 20.5. The van der Waals surface area contributed by atoms with Gasteiger partial charge in [0, 0.05) is 12.6 Å². The van der Waals surface area contributed by atoms with Crippen LogP contribution in [0.5, 0.6) is 0 Å². The van der Waals surface area contributed by atoms with Gasteiger partial charge in [0.25, 0.3) is 5.91 Å². The van der Waals surface area contributed by atoms with E-state index in [0.717, 1.165) is 4.90 Å². The standard InChI is InChI=1S/C18H24N2O7S/c1-11(16(22)19-12-7-9-28(25,26)10-12)27-15(21)6-8-20-17(23)13-4-2-3-5-14(13)18(20)24/h2-3,11-14H,4-10H2,1H3,(H,19,22)/t11-,12+,13-,14+/m0/s1. The fourth-order valence-electron chi connectivity index (χ4n) is 3.83. The Morgan fingerprint density at radius 3 is 2.36 bits per heavy atom. The van der Waals surface area contributed by atoms with E-state index in [9.17, 15) is 27.6 Å². The number of likely N-dealkylation sites (tertiary alicyclic amines) is 1. The molecule has 0 spiro atoms. The first kappa shape index (κ1) is 20.5. The molecule has 9 nitrogen and oxygen atoms in total. The third kappa shape index (κ3) is 4.43. The first-order valence-corrected chi connectivity index (χ1v) is 11.2. The summed E-state index contributed by atoms with van der Waals surface area (Å²) < 4.78 is 27.9. The highest BCUT2D eigenvalue weighted by Crippen LogP contribution is 2.35. The summed E-state index contributed by atoms with van der Waals surface area (Å²) in [4.78, 5) is 49.9. The number of allylic oxidation sites excluding steroid dienone is 2. The van der Waals surface area contributed by atoms with Crippen molar-refractivity contribution < 1.29 is 32.3 Å². The number of fused-ring (bicyclic) bond motifs is 1. The smallest absolute Gasteiger partial charge is 0.308 e. The highest BCUT2D eigenvalue weighted by Gasteiger charge is 2.47. The average Bonchev–Trinajstić information content (AvgIpc) is 3.10. The van der Waals surface area contributed by atoms with Gasteiger partial charge in [0.05, 0.1) is 29.8 Å². The van der Waals surface area contributed by atoms with Crippen LogP contribution in [0, 0.1) is 11.8 Å². The molecule has 1 aliphatic carbocycles. The van der Waals surface area contributed by atoms with Gasteiger partial charge >= 0.3 is 5.97 Å². The molecule has 10 heteroatoms. The lowest BCUT2D eigenvalue weighted by atomic mass is 9.85. The van der Waals surface area contributed by atoms with E-state index >= 15 is 0 Å². The van der Waals surface area contributed by atoms with Crippen LogP contribution in [0.2, 0.25) is 0 Å².